The van der Waals surface area contributed by atoms with Gasteiger partial charge >= 0.3 is 5.97 Å². The number of rotatable bonds is 8. The van der Waals surface area contributed by atoms with Gasteiger partial charge in [0.05, 0.1) is 26.4 Å². The van der Waals surface area contributed by atoms with Crippen molar-refractivity contribution in [1.29, 1.82) is 0 Å². The van der Waals surface area contributed by atoms with Crippen molar-refractivity contribution in [3.05, 3.63) is 23.8 Å². The van der Waals surface area contributed by atoms with Crippen LogP contribution in [-0.2, 0) is 14.5 Å². The number of benzene rings is 1. The molecule has 0 aliphatic rings. The second-order valence-electron chi connectivity index (χ2n) is 4.95. The van der Waals surface area contributed by atoms with Crippen LogP contribution in [0.15, 0.2) is 18.2 Å². The van der Waals surface area contributed by atoms with Gasteiger partial charge in [0.1, 0.15) is 5.56 Å². The van der Waals surface area contributed by atoms with Crippen LogP contribution in [-0.4, -0.2) is 39.5 Å². The summed E-state index contributed by atoms with van der Waals surface area (Å²) in [5.41, 5.74) is -0.0945. The normalized spacial score (nSPS) is 11.1. The minimum Gasteiger partial charge on any atom is -0.493 e. The third-order valence-electron chi connectivity index (χ3n) is 3.10. The Balaban J connectivity index is 2.61. The molecule has 1 rings (SSSR count). The molecule has 0 saturated heterocycles. The number of hydrogen-bond acceptors (Lipinski definition) is 6. The van der Waals surface area contributed by atoms with Crippen LogP contribution in [0.1, 0.15) is 30.6 Å². The fourth-order valence-electron chi connectivity index (χ4n) is 1.58. The Hall–Kier alpha value is -1.79. The molecule has 0 saturated carbocycles. The molecule has 118 valence electrons. The summed E-state index contributed by atoms with van der Waals surface area (Å²) < 4.78 is 15.5. The van der Waals surface area contributed by atoms with Crippen LogP contribution in [0.3, 0.4) is 0 Å². The summed E-state index contributed by atoms with van der Waals surface area (Å²) >= 11 is 0. The van der Waals surface area contributed by atoms with Crippen LogP contribution in [0.5, 0.6) is 11.5 Å². The highest BCUT2D eigenvalue weighted by Crippen LogP contribution is 2.31. The second kappa shape index (κ2) is 7.85. The molecule has 0 atom stereocenters. The van der Waals surface area contributed by atoms with E-state index >= 15 is 0 Å². The maximum atomic E-state index is 12.0. The number of carbonyl (C=O) groups is 1. The van der Waals surface area contributed by atoms with E-state index in [-0.39, 0.29) is 17.8 Å². The van der Waals surface area contributed by atoms with Gasteiger partial charge in [-0.1, -0.05) is 6.07 Å². The summed E-state index contributed by atoms with van der Waals surface area (Å²) in [6.45, 7) is 4.07. The summed E-state index contributed by atoms with van der Waals surface area (Å²) in [5, 5.41) is 0. The van der Waals surface area contributed by atoms with Gasteiger partial charge in [-0.2, -0.15) is 4.89 Å². The molecule has 0 heterocycles. The Morgan fingerprint density at radius 1 is 1.14 bits per heavy atom. The predicted molar refractivity (Wildman–Crippen MR) is 76.6 cm³/mol. The van der Waals surface area contributed by atoms with E-state index in [1.807, 2.05) is 13.8 Å². The van der Waals surface area contributed by atoms with Gasteiger partial charge in [0.15, 0.2) is 11.5 Å². The Labute approximate surface area is 124 Å². The van der Waals surface area contributed by atoms with E-state index in [0.717, 1.165) is 0 Å². The molecule has 0 N–H and O–H groups in total. The van der Waals surface area contributed by atoms with Crippen molar-refractivity contribution >= 4 is 5.97 Å². The van der Waals surface area contributed by atoms with E-state index in [9.17, 15) is 4.79 Å². The lowest BCUT2D eigenvalue weighted by molar-refractivity contribution is -0.247. The van der Waals surface area contributed by atoms with Gasteiger partial charge in [0.25, 0.3) is 0 Å². The number of hydrogen-bond donors (Lipinski definition) is 0. The van der Waals surface area contributed by atoms with Crippen molar-refractivity contribution in [3.8, 4) is 11.5 Å². The maximum absolute atomic E-state index is 12.0. The molecule has 0 radical (unpaired) electrons. The van der Waals surface area contributed by atoms with Gasteiger partial charge < -0.3 is 14.2 Å². The van der Waals surface area contributed by atoms with Gasteiger partial charge in [-0.3, -0.25) is 4.89 Å². The predicted octanol–water partition coefficient (Wildman–Crippen LogP) is 2.61. The molecule has 0 aliphatic heterocycles. The lowest BCUT2D eigenvalue weighted by Gasteiger charge is -2.21. The third-order valence-corrected chi connectivity index (χ3v) is 3.10. The summed E-state index contributed by atoms with van der Waals surface area (Å²) in [7, 11) is 4.57. The zero-order valence-corrected chi connectivity index (χ0v) is 13.1. The zero-order valence-electron chi connectivity index (χ0n) is 13.1. The molecule has 6 heteroatoms. The van der Waals surface area contributed by atoms with Crippen molar-refractivity contribution in [2.45, 2.75) is 25.9 Å². The highest BCUT2D eigenvalue weighted by Gasteiger charge is 2.20. The molecule has 0 aromatic heterocycles. The standard InChI is InChI=1S/C15H22O6/c1-15(2,19-5)9-10-20-21-14(16)11-7-6-8-12(17-3)13(11)18-4/h6-8H,9-10H2,1-5H3. The zero-order chi connectivity index (χ0) is 15.9. The number of para-hydroxylation sites is 1. The van der Waals surface area contributed by atoms with E-state index in [2.05, 4.69) is 0 Å². The van der Waals surface area contributed by atoms with E-state index in [4.69, 9.17) is 24.0 Å². The largest absolute Gasteiger partial charge is 0.493 e. The van der Waals surface area contributed by atoms with Crippen LogP contribution in [0.2, 0.25) is 0 Å². The second-order valence-corrected chi connectivity index (χ2v) is 4.95. The monoisotopic (exact) mass is 298 g/mol. The Morgan fingerprint density at radius 2 is 1.86 bits per heavy atom. The Kier molecular flexibility index (Phi) is 6.45. The molecule has 0 amide bonds. The number of ether oxygens (including phenoxy) is 3. The molecule has 0 unspecified atom stereocenters. The highest BCUT2D eigenvalue weighted by atomic mass is 17.2. The number of carbonyl (C=O) groups excluding carboxylic acids is 1. The van der Waals surface area contributed by atoms with Gasteiger partial charge in [-0.15, -0.1) is 0 Å². The van der Waals surface area contributed by atoms with E-state index in [0.29, 0.717) is 17.9 Å². The molecule has 0 aliphatic carbocycles. The van der Waals surface area contributed by atoms with Crippen LogP contribution in [0.25, 0.3) is 0 Å². The fraction of sp³-hybridized carbons (Fsp3) is 0.533. The summed E-state index contributed by atoms with van der Waals surface area (Å²) in [5.74, 6) is 0.124. The molecular formula is C15H22O6. The van der Waals surface area contributed by atoms with Crippen LogP contribution < -0.4 is 9.47 Å². The Bertz CT molecular complexity index is 469. The van der Waals surface area contributed by atoms with Gasteiger partial charge in [0, 0.05) is 13.5 Å². The first kappa shape index (κ1) is 17.3. The minimum absolute atomic E-state index is 0.235. The van der Waals surface area contributed by atoms with Crippen LogP contribution >= 0.6 is 0 Å². The maximum Gasteiger partial charge on any atom is 0.376 e. The Morgan fingerprint density at radius 3 is 2.43 bits per heavy atom. The first-order chi connectivity index (χ1) is 9.95. The third kappa shape index (κ3) is 4.91. The molecule has 1 aromatic rings. The van der Waals surface area contributed by atoms with Crippen molar-refractivity contribution in [1.82, 2.24) is 0 Å². The van der Waals surface area contributed by atoms with Crippen molar-refractivity contribution < 1.29 is 28.8 Å². The minimum atomic E-state index is -0.638. The molecular weight excluding hydrogens is 276 g/mol. The van der Waals surface area contributed by atoms with Crippen molar-refractivity contribution in [2.75, 3.05) is 27.9 Å². The lowest BCUT2D eigenvalue weighted by atomic mass is 10.1. The average molecular weight is 298 g/mol. The van der Waals surface area contributed by atoms with Crippen molar-refractivity contribution in [2.24, 2.45) is 0 Å². The molecule has 21 heavy (non-hydrogen) atoms. The summed E-state index contributed by atoms with van der Waals surface area (Å²) in [6, 6.07) is 4.94. The van der Waals surface area contributed by atoms with Gasteiger partial charge in [-0.25, -0.2) is 4.79 Å². The van der Waals surface area contributed by atoms with Crippen LogP contribution in [0.4, 0.5) is 0 Å². The summed E-state index contributed by atoms with van der Waals surface area (Å²) in [4.78, 5) is 21.7. The first-order valence-corrected chi connectivity index (χ1v) is 6.55. The van der Waals surface area contributed by atoms with E-state index in [1.165, 1.54) is 14.2 Å². The smallest absolute Gasteiger partial charge is 0.376 e. The quantitative estimate of drug-likeness (QED) is 0.417. The van der Waals surface area contributed by atoms with E-state index < -0.39 is 5.97 Å². The highest BCUT2D eigenvalue weighted by molar-refractivity contribution is 5.93. The fourth-order valence-corrected chi connectivity index (χ4v) is 1.58. The molecule has 0 spiro atoms. The SMILES string of the molecule is COc1cccc(C(=O)OOCCC(C)(C)OC)c1OC. The average Bonchev–Trinajstić information content (AvgIpc) is 2.50. The molecule has 1 aromatic carbocycles. The number of methoxy groups -OCH3 is 3. The molecule has 0 fully saturated rings. The van der Waals surface area contributed by atoms with Gasteiger partial charge in [0.2, 0.25) is 0 Å². The van der Waals surface area contributed by atoms with Gasteiger partial charge in [-0.05, 0) is 26.0 Å². The molecule has 0 bridgehead atoms. The van der Waals surface area contributed by atoms with Crippen molar-refractivity contribution in [3.63, 3.8) is 0 Å². The lowest BCUT2D eigenvalue weighted by Crippen LogP contribution is -2.24. The topological polar surface area (TPSA) is 63.2 Å². The molecule has 6 nitrogen and oxygen atoms in total. The first-order valence-electron chi connectivity index (χ1n) is 6.55. The summed E-state index contributed by atoms with van der Waals surface area (Å²) in [6.07, 6.45) is 0.589. The van der Waals surface area contributed by atoms with E-state index in [1.54, 1.807) is 25.3 Å². The van der Waals surface area contributed by atoms with Crippen LogP contribution in [0, 0.1) is 0 Å².